The number of amides is 1. The minimum Gasteiger partial charge on any atom is -0.437 e. The van der Waals surface area contributed by atoms with Crippen LogP contribution in [0.25, 0.3) is 0 Å². The minimum absolute atomic E-state index is 0.235. The average Bonchev–Trinajstić information content (AvgIpc) is 2.56. The van der Waals surface area contributed by atoms with Gasteiger partial charge in [-0.05, 0) is 20.3 Å². The average molecular weight is 271 g/mol. The number of carbonyl (C=O) groups excluding carboxylic acids is 1. The molecule has 3 N–H and O–H groups in total. The highest BCUT2D eigenvalue weighted by Gasteiger charge is 2.16. The van der Waals surface area contributed by atoms with Crippen molar-refractivity contribution < 1.29 is 9.21 Å². The number of aryl methyl sites for hydroxylation is 2. The second kappa shape index (κ2) is 6.80. The molecule has 0 aliphatic carbocycles. The fraction of sp³-hybridized carbons (Fsp3) is 0.667. The second-order valence-electron chi connectivity index (χ2n) is 4.53. The van der Waals surface area contributed by atoms with E-state index in [4.69, 9.17) is 10.2 Å². The Bertz CT molecular complexity index is 385. The molecule has 1 unspecified atom stereocenters. The molecule has 0 spiro atoms. The van der Waals surface area contributed by atoms with E-state index in [1.54, 1.807) is 0 Å². The Balaban J connectivity index is 2.41. The van der Waals surface area contributed by atoms with Gasteiger partial charge in [-0.1, -0.05) is 25.6 Å². The molecule has 5 nitrogen and oxygen atoms in total. The third-order valence-electron chi connectivity index (χ3n) is 2.52. The SMILES string of the molecule is Cc1nc(SCCC(NC(C)C)C(N)=O)oc1C. The number of nitrogens with one attached hydrogen (secondary N) is 1. The molecule has 6 heteroatoms. The van der Waals surface area contributed by atoms with Gasteiger partial charge in [-0.25, -0.2) is 4.98 Å². The monoisotopic (exact) mass is 271 g/mol. The molecular weight excluding hydrogens is 250 g/mol. The summed E-state index contributed by atoms with van der Waals surface area (Å²) >= 11 is 1.50. The molecule has 0 fully saturated rings. The van der Waals surface area contributed by atoms with E-state index in [0.717, 1.165) is 17.2 Å². The van der Waals surface area contributed by atoms with E-state index in [2.05, 4.69) is 10.3 Å². The smallest absolute Gasteiger partial charge is 0.256 e. The Hall–Kier alpha value is -1.01. The quantitative estimate of drug-likeness (QED) is 0.737. The van der Waals surface area contributed by atoms with Gasteiger partial charge in [0, 0.05) is 11.8 Å². The fourth-order valence-corrected chi connectivity index (χ4v) is 2.39. The summed E-state index contributed by atoms with van der Waals surface area (Å²) in [5.74, 6) is 1.26. The Morgan fingerprint density at radius 1 is 1.50 bits per heavy atom. The highest BCUT2D eigenvalue weighted by Crippen LogP contribution is 2.21. The Kier molecular flexibility index (Phi) is 5.68. The number of nitrogens with two attached hydrogens (primary N) is 1. The number of hydrogen-bond donors (Lipinski definition) is 2. The first-order valence-electron chi connectivity index (χ1n) is 6.02. The summed E-state index contributed by atoms with van der Waals surface area (Å²) in [6.45, 7) is 7.78. The normalized spacial score (nSPS) is 12.9. The summed E-state index contributed by atoms with van der Waals surface area (Å²) in [6, 6.07) is -0.0617. The third-order valence-corrected chi connectivity index (χ3v) is 3.38. The molecule has 0 bridgehead atoms. The van der Waals surface area contributed by atoms with Crippen LogP contribution in [0.2, 0.25) is 0 Å². The van der Waals surface area contributed by atoms with Gasteiger partial charge >= 0.3 is 0 Å². The van der Waals surface area contributed by atoms with Gasteiger partial charge in [0.25, 0.3) is 5.22 Å². The molecule has 0 aliphatic heterocycles. The first kappa shape index (κ1) is 15.0. The molecule has 0 saturated carbocycles. The number of carbonyl (C=O) groups is 1. The largest absolute Gasteiger partial charge is 0.437 e. The number of rotatable bonds is 7. The topological polar surface area (TPSA) is 81.1 Å². The lowest BCUT2D eigenvalue weighted by atomic mass is 10.2. The van der Waals surface area contributed by atoms with Gasteiger partial charge in [-0.2, -0.15) is 0 Å². The van der Waals surface area contributed by atoms with E-state index >= 15 is 0 Å². The zero-order valence-electron chi connectivity index (χ0n) is 11.3. The van der Waals surface area contributed by atoms with Gasteiger partial charge in [-0.15, -0.1) is 0 Å². The zero-order chi connectivity index (χ0) is 13.7. The molecule has 1 aromatic heterocycles. The van der Waals surface area contributed by atoms with E-state index < -0.39 is 0 Å². The van der Waals surface area contributed by atoms with Crippen molar-refractivity contribution in [2.45, 2.75) is 51.4 Å². The fourth-order valence-electron chi connectivity index (χ4n) is 1.48. The molecule has 1 amide bonds. The molecule has 1 atom stereocenters. The lowest BCUT2D eigenvalue weighted by molar-refractivity contribution is -0.120. The lowest BCUT2D eigenvalue weighted by Gasteiger charge is -2.17. The molecule has 18 heavy (non-hydrogen) atoms. The third kappa shape index (κ3) is 4.70. The number of thioether (sulfide) groups is 1. The van der Waals surface area contributed by atoms with Gasteiger partial charge in [0.1, 0.15) is 5.76 Å². The van der Waals surface area contributed by atoms with E-state index in [1.807, 2.05) is 27.7 Å². The van der Waals surface area contributed by atoms with Crippen molar-refractivity contribution in [2.75, 3.05) is 5.75 Å². The summed E-state index contributed by atoms with van der Waals surface area (Å²) in [4.78, 5) is 15.5. The summed E-state index contributed by atoms with van der Waals surface area (Å²) in [6.07, 6.45) is 0.665. The predicted molar refractivity (Wildman–Crippen MR) is 72.6 cm³/mol. The summed E-state index contributed by atoms with van der Waals surface area (Å²) in [7, 11) is 0. The van der Waals surface area contributed by atoms with Crippen molar-refractivity contribution in [1.29, 1.82) is 0 Å². The lowest BCUT2D eigenvalue weighted by Crippen LogP contribution is -2.44. The van der Waals surface area contributed by atoms with Crippen molar-refractivity contribution in [1.82, 2.24) is 10.3 Å². The van der Waals surface area contributed by atoms with Crippen LogP contribution in [-0.4, -0.2) is 28.7 Å². The summed E-state index contributed by atoms with van der Waals surface area (Å²) in [5.41, 5.74) is 6.25. The molecule has 1 rings (SSSR count). The van der Waals surface area contributed by atoms with Crippen molar-refractivity contribution in [3.05, 3.63) is 11.5 Å². The highest BCUT2D eigenvalue weighted by molar-refractivity contribution is 7.99. The summed E-state index contributed by atoms with van der Waals surface area (Å²) < 4.78 is 5.45. The van der Waals surface area contributed by atoms with E-state index in [1.165, 1.54) is 11.8 Å². The van der Waals surface area contributed by atoms with E-state index in [-0.39, 0.29) is 18.0 Å². The minimum atomic E-state index is -0.316. The number of nitrogens with zero attached hydrogens (tertiary/aromatic N) is 1. The van der Waals surface area contributed by atoms with Crippen LogP contribution in [0.5, 0.6) is 0 Å². The van der Waals surface area contributed by atoms with Crippen LogP contribution in [0.15, 0.2) is 9.64 Å². The van der Waals surface area contributed by atoms with E-state index in [0.29, 0.717) is 11.6 Å². The first-order valence-corrected chi connectivity index (χ1v) is 7.01. The number of aromatic nitrogens is 1. The van der Waals surface area contributed by atoms with Gasteiger partial charge in [0.2, 0.25) is 5.91 Å². The van der Waals surface area contributed by atoms with Crippen LogP contribution in [0.3, 0.4) is 0 Å². The van der Waals surface area contributed by atoms with Crippen LogP contribution in [-0.2, 0) is 4.79 Å². The first-order chi connectivity index (χ1) is 8.40. The Morgan fingerprint density at radius 3 is 2.61 bits per heavy atom. The maximum Gasteiger partial charge on any atom is 0.256 e. The molecule has 0 aliphatic rings. The van der Waals surface area contributed by atoms with Crippen LogP contribution in [0, 0.1) is 13.8 Å². The molecule has 1 heterocycles. The summed E-state index contributed by atoms with van der Waals surface area (Å²) in [5, 5.41) is 3.79. The van der Waals surface area contributed by atoms with Crippen LogP contribution < -0.4 is 11.1 Å². The van der Waals surface area contributed by atoms with Crippen molar-refractivity contribution >= 4 is 17.7 Å². The maximum absolute atomic E-state index is 11.2. The van der Waals surface area contributed by atoms with Gasteiger partial charge in [-0.3, -0.25) is 4.79 Å². The molecular formula is C12H21N3O2S. The zero-order valence-corrected chi connectivity index (χ0v) is 12.1. The number of primary amides is 1. The maximum atomic E-state index is 11.2. The van der Waals surface area contributed by atoms with Gasteiger partial charge in [0.15, 0.2) is 0 Å². The molecule has 102 valence electrons. The Labute approximate surface area is 112 Å². The predicted octanol–water partition coefficient (Wildman–Crippen LogP) is 1.63. The van der Waals surface area contributed by atoms with Crippen molar-refractivity contribution in [3.63, 3.8) is 0 Å². The van der Waals surface area contributed by atoms with Crippen LogP contribution >= 0.6 is 11.8 Å². The standard InChI is InChI=1S/C12H21N3O2S/c1-7(2)14-10(11(13)16)5-6-18-12-15-8(3)9(4)17-12/h7,10,14H,5-6H2,1-4H3,(H2,13,16). The molecule has 0 radical (unpaired) electrons. The van der Waals surface area contributed by atoms with Crippen molar-refractivity contribution in [3.8, 4) is 0 Å². The van der Waals surface area contributed by atoms with Gasteiger partial charge in [0.05, 0.1) is 11.7 Å². The molecule has 1 aromatic rings. The number of oxazole rings is 1. The molecule has 0 aromatic carbocycles. The molecule has 0 saturated heterocycles. The number of hydrogen-bond acceptors (Lipinski definition) is 5. The van der Waals surface area contributed by atoms with Gasteiger partial charge < -0.3 is 15.5 Å². The van der Waals surface area contributed by atoms with Crippen LogP contribution in [0.4, 0.5) is 0 Å². The highest BCUT2D eigenvalue weighted by atomic mass is 32.2. The second-order valence-corrected chi connectivity index (χ2v) is 5.58. The van der Waals surface area contributed by atoms with Crippen molar-refractivity contribution in [2.24, 2.45) is 5.73 Å². The van der Waals surface area contributed by atoms with Crippen LogP contribution in [0.1, 0.15) is 31.7 Å². The van der Waals surface area contributed by atoms with E-state index in [9.17, 15) is 4.79 Å². The Morgan fingerprint density at radius 2 is 2.17 bits per heavy atom.